The Balaban J connectivity index is 2.36. The highest BCUT2D eigenvalue weighted by Gasteiger charge is 2.29. The van der Waals surface area contributed by atoms with E-state index < -0.39 is 18.7 Å². The molecule has 0 aliphatic carbocycles. The summed E-state index contributed by atoms with van der Waals surface area (Å²) < 4.78 is 42.3. The van der Waals surface area contributed by atoms with Gasteiger partial charge in [-0.05, 0) is 30.7 Å². The average molecular weight is 402 g/mol. The van der Waals surface area contributed by atoms with Gasteiger partial charge >= 0.3 is 6.18 Å². The van der Waals surface area contributed by atoms with Crippen LogP contribution in [0, 0.1) is 0 Å². The van der Waals surface area contributed by atoms with Gasteiger partial charge in [0.05, 0.1) is 11.9 Å². The topological polar surface area (TPSA) is 72.8 Å². The Labute approximate surface area is 157 Å². The number of aromatic nitrogens is 1. The maximum Gasteiger partial charge on any atom is 0.422 e. The van der Waals surface area contributed by atoms with E-state index in [2.05, 4.69) is 20.3 Å². The van der Waals surface area contributed by atoms with Crippen molar-refractivity contribution in [2.75, 3.05) is 19.0 Å². The molecule has 0 fully saturated rings. The lowest BCUT2D eigenvalue weighted by Crippen LogP contribution is -2.21. The molecule has 1 heterocycles. The quantitative estimate of drug-likeness (QED) is 0.578. The monoisotopic (exact) mass is 401 g/mol. The molecule has 0 atom stereocenters. The highest BCUT2D eigenvalue weighted by Crippen LogP contribution is 2.32. The predicted molar refractivity (Wildman–Crippen MR) is 95.0 cm³/mol. The third-order valence-corrected chi connectivity index (χ3v) is 3.45. The number of hydrogen-bond acceptors (Lipinski definition) is 5. The molecule has 144 valence electrons. The van der Waals surface area contributed by atoms with E-state index in [9.17, 15) is 18.0 Å². The third-order valence-electron chi connectivity index (χ3n) is 3.19. The fourth-order valence-electron chi connectivity index (χ4n) is 2.02. The molecule has 27 heavy (non-hydrogen) atoms. The molecular formula is C17H15ClF3N3O3. The zero-order chi connectivity index (χ0) is 20.0. The van der Waals surface area contributed by atoms with Crippen LogP contribution in [0.2, 0.25) is 5.02 Å². The van der Waals surface area contributed by atoms with Crippen LogP contribution in [0.3, 0.4) is 0 Å². The van der Waals surface area contributed by atoms with Crippen LogP contribution in [-0.4, -0.2) is 36.5 Å². The van der Waals surface area contributed by atoms with Gasteiger partial charge in [-0.1, -0.05) is 28.9 Å². The maximum absolute atomic E-state index is 12.5. The molecule has 2 rings (SSSR count). The second-order valence-corrected chi connectivity index (χ2v) is 5.74. The fourth-order valence-corrected chi connectivity index (χ4v) is 2.15. The van der Waals surface area contributed by atoms with Gasteiger partial charge in [0.25, 0.3) is 5.91 Å². The molecule has 0 radical (unpaired) electrons. The molecular weight excluding hydrogens is 387 g/mol. The first-order chi connectivity index (χ1) is 12.7. The lowest BCUT2D eigenvalue weighted by molar-refractivity contribution is -0.154. The van der Waals surface area contributed by atoms with Gasteiger partial charge in [-0.2, -0.15) is 13.2 Å². The summed E-state index contributed by atoms with van der Waals surface area (Å²) in [6, 6.07) is 7.79. The highest BCUT2D eigenvalue weighted by atomic mass is 35.5. The van der Waals surface area contributed by atoms with Crippen LogP contribution < -0.4 is 10.1 Å². The molecule has 6 nitrogen and oxygen atoms in total. The number of carbonyl (C=O) groups excluding carboxylic acids is 1. The Morgan fingerprint density at radius 2 is 1.96 bits per heavy atom. The van der Waals surface area contributed by atoms with E-state index in [1.165, 1.54) is 26.3 Å². The number of ether oxygens (including phenoxy) is 1. The summed E-state index contributed by atoms with van der Waals surface area (Å²) in [5.41, 5.74) is 1.08. The van der Waals surface area contributed by atoms with E-state index in [4.69, 9.17) is 16.3 Å². The van der Waals surface area contributed by atoms with Gasteiger partial charge in [0.1, 0.15) is 12.8 Å². The van der Waals surface area contributed by atoms with Gasteiger partial charge in [-0.15, -0.1) is 0 Å². The summed E-state index contributed by atoms with van der Waals surface area (Å²) in [7, 11) is 1.30. The predicted octanol–water partition coefficient (Wildman–Crippen LogP) is 4.30. The lowest BCUT2D eigenvalue weighted by atomic mass is 10.1. The van der Waals surface area contributed by atoms with Crippen molar-refractivity contribution in [2.45, 2.75) is 13.1 Å². The number of anilines is 1. The standard InChI is InChI=1S/C17H15ClF3N3O3/c1-10(24-26-2)15(25)23-13-7-14(11-3-5-12(18)6-4-11)16(22-8-13)27-9-17(19,20)21/h3-8H,9H2,1-2H3,(H,23,25). The van der Waals surface area contributed by atoms with E-state index in [1.807, 2.05) is 0 Å². The van der Waals surface area contributed by atoms with Gasteiger partial charge < -0.3 is 14.9 Å². The van der Waals surface area contributed by atoms with Crippen LogP contribution in [-0.2, 0) is 9.63 Å². The number of nitrogens with zero attached hydrogens (tertiary/aromatic N) is 2. The Kier molecular flexibility index (Phi) is 6.62. The maximum atomic E-state index is 12.5. The van der Waals surface area contributed by atoms with Crippen LogP contribution in [0.5, 0.6) is 5.88 Å². The highest BCUT2D eigenvalue weighted by molar-refractivity contribution is 6.42. The van der Waals surface area contributed by atoms with Crippen molar-refractivity contribution < 1.29 is 27.5 Å². The number of benzene rings is 1. The fraction of sp³-hybridized carbons (Fsp3) is 0.235. The van der Waals surface area contributed by atoms with Crippen molar-refractivity contribution >= 4 is 28.9 Å². The summed E-state index contributed by atoms with van der Waals surface area (Å²) in [6.07, 6.45) is -3.33. The lowest BCUT2D eigenvalue weighted by Gasteiger charge is -2.14. The zero-order valence-corrected chi connectivity index (χ0v) is 15.1. The summed E-state index contributed by atoms with van der Waals surface area (Å²) in [6.45, 7) is -0.0565. The van der Waals surface area contributed by atoms with Gasteiger partial charge in [0, 0.05) is 10.6 Å². The number of halogens is 4. The SMILES string of the molecule is CON=C(C)C(=O)Nc1cnc(OCC(F)(F)F)c(-c2ccc(Cl)cc2)c1. The number of pyridine rings is 1. The van der Waals surface area contributed by atoms with E-state index in [0.29, 0.717) is 10.6 Å². The second-order valence-electron chi connectivity index (χ2n) is 5.30. The van der Waals surface area contributed by atoms with Gasteiger partial charge in [-0.3, -0.25) is 4.79 Å². The van der Waals surface area contributed by atoms with Gasteiger partial charge in [0.2, 0.25) is 5.88 Å². The van der Waals surface area contributed by atoms with Crippen molar-refractivity contribution in [3.8, 4) is 17.0 Å². The van der Waals surface area contributed by atoms with Crippen LogP contribution >= 0.6 is 11.6 Å². The number of rotatable bonds is 6. The van der Waals surface area contributed by atoms with Crippen LogP contribution in [0.1, 0.15) is 6.92 Å². The minimum absolute atomic E-state index is 0.0583. The van der Waals surface area contributed by atoms with Crippen LogP contribution in [0.25, 0.3) is 11.1 Å². The molecule has 0 spiro atoms. The first-order valence-corrected chi connectivity index (χ1v) is 7.92. The van der Waals surface area contributed by atoms with E-state index in [0.717, 1.165) is 0 Å². The molecule has 0 aliphatic heterocycles. The number of alkyl halides is 3. The van der Waals surface area contributed by atoms with Crippen LogP contribution in [0.15, 0.2) is 41.7 Å². The summed E-state index contributed by atoms with van der Waals surface area (Å²) in [4.78, 5) is 20.4. The Morgan fingerprint density at radius 1 is 1.30 bits per heavy atom. The minimum atomic E-state index is -4.51. The second kappa shape index (κ2) is 8.72. The normalized spacial score (nSPS) is 11.9. The van der Waals surface area contributed by atoms with Crippen molar-refractivity contribution in [3.63, 3.8) is 0 Å². The van der Waals surface area contributed by atoms with Crippen molar-refractivity contribution in [1.29, 1.82) is 0 Å². The molecule has 0 unspecified atom stereocenters. The third kappa shape index (κ3) is 6.14. The average Bonchev–Trinajstić information content (AvgIpc) is 2.60. The summed E-state index contributed by atoms with van der Waals surface area (Å²) >= 11 is 5.85. The van der Waals surface area contributed by atoms with E-state index in [1.54, 1.807) is 24.3 Å². The molecule has 1 amide bonds. The number of nitrogens with one attached hydrogen (secondary N) is 1. The first kappa shape index (κ1) is 20.5. The Hall–Kier alpha value is -2.81. The summed E-state index contributed by atoms with van der Waals surface area (Å²) in [5, 5.41) is 6.50. The first-order valence-electron chi connectivity index (χ1n) is 7.54. The largest absolute Gasteiger partial charge is 0.468 e. The van der Waals surface area contributed by atoms with Gasteiger partial charge in [0.15, 0.2) is 6.61 Å². The molecule has 2 aromatic rings. The van der Waals surface area contributed by atoms with Crippen molar-refractivity contribution in [2.24, 2.45) is 5.16 Å². The molecule has 10 heteroatoms. The Morgan fingerprint density at radius 3 is 2.56 bits per heavy atom. The van der Waals surface area contributed by atoms with Crippen LogP contribution in [0.4, 0.5) is 18.9 Å². The molecule has 0 bridgehead atoms. The summed E-state index contributed by atoms with van der Waals surface area (Å²) in [5.74, 6) is -0.778. The molecule has 0 aliphatic rings. The van der Waals surface area contributed by atoms with Gasteiger partial charge in [-0.25, -0.2) is 4.98 Å². The molecule has 1 N–H and O–H groups in total. The van der Waals surface area contributed by atoms with Crippen molar-refractivity contribution in [1.82, 2.24) is 4.98 Å². The van der Waals surface area contributed by atoms with E-state index >= 15 is 0 Å². The Bertz CT molecular complexity index is 840. The van der Waals surface area contributed by atoms with E-state index in [-0.39, 0.29) is 22.8 Å². The number of carbonyl (C=O) groups is 1. The molecule has 0 saturated carbocycles. The number of oxime groups is 1. The zero-order valence-electron chi connectivity index (χ0n) is 14.3. The number of hydrogen-bond donors (Lipinski definition) is 1. The minimum Gasteiger partial charge on any atom is -0.468 e. The smallest absolute Gasteiger partial charge is 0.422 e. The molecule has 1 aromatic carbocycles. The molecule has 0 saturated heterocycles. The molecule has 1 aromatic heterocycles. The van der Waals surface area contributed by atoms with Crippen molar-refractivity contribution in [3.05, 3.63) is 41.6 Å². The number of amides is 1.